The molecule has 4 heteroatoms. The van der Waals surface area contributed by atoms with Crippen molar-refractivity contribution in [3.63, 3.8) is 0 Å². The minimum Gasteiger partial charge on any atom is -0.484 e. The Morgan fingerprint density at radius 2 is 1.21 bits per heavy atom. The maximum atomic E-state index is 12.1. The normalized spacial score (nSPS) is 35.4. The Bertz CT molecular complexity index is 454. The number of carbonyl (C=O) groups excluding carboxylic acids is 2. The lowest BCUT2D eigenvalue weighted by Crippen LogP contribution is -2.55. The van der Waals surface area contributed by atoms with E-state index in [-0.39, 0.29) is 11.6 Å². The number of allylic oxidation sites excluding steroid dienone is 2. The summed E-state index contributed by atoms with van der Waals surface area (Å²) in [5, 5.41) is 0. The summed E-state index contributed by atoms with van der Waals surface area (Å²) in [6, 6.07) is 0. The van der Waals surface area contributed by atoms with Gasteiger partial charge in [0.15, 0.2) is 0 Å². The highest BCUT2D eigenvalue weighted by Crippen LogP contribution is 2.49. The van der Waals surface area contributed by atoms with Crippen LogP contribution in [0.4, 0.5) is 0 Å². The highest BCUT2D eigenvalue weighted by molar-refractivity contribution is 6.40. The van der Waals surface area contributed by atoms with Crippen molar-refractivity contribution in [1.82, 2.24) is 0 Å². The van der Waals surface area contributed by atoms with Crippen molar-refractivity contribution >= 4 is 11.6 Å². The molecule has 0 N–H and O–H groups in total. The molecule has 3 aliphatic carbocycles. The summed E-state index contributed by atoms with van der Waals surface area (Å²) in [6.07, 6.45) is 2.26. The standard InChI is InChI=1S/C15H20O4/c1-14(2)15(3,4)19-13-9-7-5-6-8(12(13)18-14)10(16)11(9)17/h8-9H,5-7H2,1-4H3. The van der Waals surface area contributed by atoms with Crippen molar-refractivity contribution in [3.8, 4) is 0 Å². The first-order chi connectivity index (χ1) is 8.74. The molecular weight excluding hydrogens is 244 g/mol. The Labute approximate surface area is 113 Å². The van der Waals surface area contributed by atoms with Crippen molar-refractivity contribution in [2.75, 3.05) is 0 Å². The first-order valence-corrected chi connectivity index (χ1v) is 6.95. The molecule has 0 amide bonds. The molecule has 2 bridgehead atoms. The molecule has 1 saturated carbocycles. The van der Waals surface area contributed by atoms with E-state index in [4.69, 9.17) is 9.47 Å². The molecule has 0 radical (unpaired) electrons. The van der Waals surface area contributed by atoms with Crippen molar-refractivity contribution in [3.05, 3.63) is 11.5 Å². The van der Waals surface area contributed by atoms with Crippen LogP contribution in [0, 0.1) is 11.8 Å². The van der Waals surface area contributed by atoms with Gasteiger partial charge in [0.1, 0.15) is 22.7 Å². The summed E-state index contributed by atoms with van der Waals surface area (Å²) in [6.45, 7) is 7.84. The molecule has 4 rings (SSSR count). The third-order valence-electron chi connectivity index (χ3n) is 4.92. The van der Waals surface area contributed by atoms with Gasteiger partial charge in [-0.1, -0.05) is 6.42 Å². The van der Waals surface area contributed by atoms with Gasteiger partial charge in [0, 0.05) is 0 Å². The van der Waals surface area contributed by atoms with E-state index in [0.717, 1.165) is 6.42 Å². The fraction of sp³-hybridized carbons (Fsp3) is 0.733. The second-order valence-corrected chi connectivity index (χ2v) is 6.72. The first-order valence-electron chi connectivity index (χ1n) is 6.95. The largest absolute Gasteiger partial charge is 0.484 e. The van der Waals surface area contributed by atoms with Crippen LogP contribution in [0.1, 0.15) is 47.0 Å². The number of Topliss-reactive ketones (excluding diaryl/α,β-unsaturated/α-hetero) is 2. The van der Waals surface area contributed by atoms with Crippen LogP contribution in [0.25, 0.3) is 0 Å². The highest BCUT2D eigenvalue weighted by Gasteiger charge is 2.55. The van der Waals surface area contributed by atoms with Gasteiger partial charge >= 0.3 is 0 Å². The van der Waals surface area contributed by atoms with Crippen LogP contribution in [0.2, 0.25) is 0 Å². The Balaban J connectivity index is 2.13. The van der Waals surface area contributed by atoms with E-state index in [1.54, 1.807) is 0 Å². The third kappa shape index (κ3) is 1.58. The van der Waals surface area contributed by atoms with Crippen molar-refractivity contribution in [1.29, 1.82) is 0 Å². The third-order valence-corrected chi connectivity index (χ3v) is 4.92. The fourth-order valence-corrected chi connectivity index (χ4v) is 3.01. The summed E-state index contributed by atoms with van der Waals surface area (Å²) < 4.78 is 12.2. The first kappa shape index (κ1) is 12.7. The van der Waals surface area contributed by atoms with Crippen molar-refractivity contribution < 1.29 is 19.1 Å². The average molecular weight is 264 g/mol. The average Bonchev–Trinajstić information content (AvgIpc) is 2.54. The van der Waals surface area contributed by atoms with Gasteiger partial charge in [-0.15, -0.1) is 0 Å². The maximum Gasteiger partial charge on any atom is 0.209 e. The molecule has 0 saturated heterocycles. The van der Waals surface area contributed by atoms with Gasteiger partial charge in [0.25, 0.3) is 0 Å². The van der Waals surface area contributed by atoms with Crippen LogP contribution >= 0.6 is 0 Å². The highest BCUT2D eigenvalue weighted by atomic mass is 16.6. The zero-order valence-electron chi connectivity index (χ0n) is 11.9. The van der Waals surface area contributed by atoms with Gasteiger partial charge in [-0.05, 0) is 40.5 Å². The second-order valence-electron chi connectivity index (χ2n) is 6.72. The van der Waals surface area contributed by atoms with Gasteiger partial charge in [-0.2, -0.15) is 0 Å². The van der Waals surface area contributed by atoms with E-state index in [2.05, 4.69) is 0 Å². The zero-order valence-corrected chi connectivity index (χ0v) is 11.9. The van der Waals surface area contributed by atoms with E-state index in [1.807, 2.05) is 27.7 Å². The molecule has 19 heavy (non-hydrogen) atoms. The molecular formula is C15H20O4. The Kier molecular flexibility index (Phi) is 2.42. The molecule has 2 atom stereocenters. The topological polar surface area (TPSA) is 52.6 Å². The van der Waals surface area contributed by atoms with Crippen LogP contribution in [-0.4, -0.2) is 22.8 Å². The van der Waals surface area contributed by atoms with E-state index >= 15 is 0 Å². The van der Waals surface area contributed by atoms with E-state index in [9.17, 15) is 9.59 Å². The van der Waals surface area contributed by atoms with E-state index in [1.165, 1.54) is 0 Å². The van der Waals surface area contributed by atoms with Gasteiger partial charge in [-0.3, -0.25) is 9.59 Å². The van der Waals surface area contributed by atoms with E-state index in [0.29, 0.717) is 24.4 Å². The van der Waals surface area contributed by atoms with Crippen LogP contribution in [0.15, 0.2) is 11.5 Å². The van der Waals surface area contributed by atoms with Crippen LogP contribution < -0.4 is 0 Å². The van der Waals surface area contributed by atoms with Gasteiger partial charge in [0.2, 0.25) is 11.6 Å². The molecule has 4 aliphatic rings. The predicted molar refractivity (Wildman–Crippen MR) is 68.2 cm³/mol. The number of fused-ring (bicyclic) bond motifs is 3. The number of hydrogen-bond donors (Lipinski definition) is 0. The lowest BCUT2D eigenvalue weighted by atomic mass is 9.80. The maximum absolute atomic E-state index is 12.1. The zero-order chi connectivity index (χ0) is 14.0. The molecule has 1 fully saturated rings. The number of carbonyl (C=O) groups is 2. The summed E-state index contributed by atoms with van der Waals surface area (Å²) in [5.41, 5.74) is -1.03. The molecule has 1 aliphatic heterocycles. The number of ketones is 2. The molecule has 104 valence electrons. The Hall–Kier alpha value is -1.32. The summed E-state index contributed by atoms with van der Waals surface area (Å²) in [4.78, 5) is 24.2. The molecule has 0 spiro atoms. The van der Waals surface area contributed by atoms with Gasteiger partial charge in [-0.25, -0.2) is 0 Å². The monoisotopic (exact) mass is 264 g/mol. The molecule has 4 nitrogen and oxygen atoms in total. The molecule has 1 heterocycles. The Morgan fingerprint density at radius 1 is 0.842 bits per heavy atom. The SMILES string of the molecule is CC1(C)OC2=C(OC1(C)C)C1CCCC2C(=O)C1=O. The summed E-state index contributed by atoms with van der Waals surface area (Å²) in [7, 11) is 0. The van der Waals surface area contributed by atoms with Crippen LogP contribution in [0.5, 0.6) is 0 Å². The number of rotatable bonds is 0. The van der Waals surface area contributed by atoms with Crippen LogP contribution in [-0.2, 0) is 19.1 Å². The summed E-state index contributed by atoms with van der Waals surface area (Å²) in [5.74, 6) is -0.179. The fourth-order valence-electron chi connectivity index (χ4n) is 3.01. The molecule has 0 aromatic rings. The van der Waals surface area contributed by atoms with Crippen molar-refractivity contribution in [2.24, 2.45) is 11.8 Å². The molecule has 2 unspecified atom stereocenters. The van der Waals surface area contributed by atoms with E-state index < -0.39 is 23.0 Å². The Morgan fingerprint density at radius 3 is 1.58 bits per heavy atom. The van der Waals surface area contributed by atoms with Crippen molar-refractivity contribution in [2.45, 2.75) is 58.2 Å². The lowest BCUT2D eigenvalue weighted by Gasteiger charge is -2.49. The number of hydrogen-bond acceptors (Lipinski definition) is 4. The van der Waals surface area contributed by atoms with Gasteiger partial charge < -0.3 is 9.47 Å². The lowest BCUT2D eigenvalue weighted by molar-refractivity contribution is -0.187. The summed E-state index contributed by atoms with van der Waals surface area (Å²) >= 11 is 0. The molecule has 0 aromatic heterocycles. The minimum absolute atomic E-state index is 0.291. The molecule has 0 aromatic carbocycles. The second kappa shape index (κ2) is 3.62. The smallest absolute Gasteiger partial charge is 0.209 e. The predicted octanol–water partition coefficient (Wildman–Crippen LogP) is 2.37. The number of ether oxygens (including phenoxy) is 2. The van der Waals surface area contributed by atoms with Crippen LogP contribution in [0.3, 0.4) is 0 Å². The quantitative estimate of drug-likeness (QED) is 0.630. The van der Waals surface area contributed by atoms with Gasteiger partial charge in [0.05, 0.1) is 11.8 Å². The minimum atomic E-state index is -0.514.